The van der Waals surface area contributed by atoms with Gasteiger partial charge in [0.15, 0.2) is 5.76 Å². The zero-order valence-electron chi connectivity index (χ0n) is 10.1. The Kier molecular flexibility index (Phi) is 2.75. The average molecular weight is 274 g/mol. The highest BCUT2D eigenvalue weighted by molar-refractivity contribution is 6.14. The second kappa shape index (κ2) is 4.45. The molecular formula is C15H8F2O3. The molecule has 0 saturated heterocycles. The number of rotatable bonds is 1. The number of phenolic OH excluding ortho intramolecular Hbond substituents is 1. The molecule has 2 aromatic carbocycles. The van der Waals surface area contributed by atoms with Crippen LogP contribution in [0, 0.1) is 11.6 Å². The summed E-state index contributed by atoms with van der Waals surface area (Å²) in [7, 11) is 0. The van der Waals surface area contributed by atoms with Crippen LogP contribution >= 0.6 is 0 Å². The van der Waals surface area contributed by atoms with E-state index < -0.39 is 17.4 Å². The number of ether oxygens (including phenoxy) is 1. The lowest BCUT2D eigenvalue weighted by atomic mass is 10.1. The van der Waals surface area contributed by atoms with Crippen molar-refractivity contribution in [2.24, 2.45) is 0 Å². The summed E-state index contributed by atoms with van der Waals surface area (Å²) in [6.07, 6.45) is 1.26. The molecule has 1 aliphatic heterocycles. The first-order valence-electron chi connectivity index (χ1n) is 5.76. The molecule has 0 radical (unpaired) electrons. The number of halogens is 2. The van der Waals surface area contributed by atoms with E-state index in [0.29, 0.717) is 5.56 Å². The predicted octanol–water partition coefficient (Wildman–Crippen LogP) is 3.29. The smallest absolute Gasteiger partial charge is 0.231 e. The van der Waals surface area contributed by atoms with Gasteiger partial charge in [0.1, 0.15) is 23.1 Å². The van der Waals surface area contributed by atoms with Crippen molar-refractivity contribution in [3.05, 3.63) is 64.9 Å². The number of hydrogen-bond donors (Lipinski definition) is 1. The zero-order valence-corrected chi connectivity index (χ0v) is 10.1. The minimum Gasteiger partial charge on any atom is -0.508 e. The average Bonchev–Trinajstić information content (AvgIpc) is 2.64. The summed E-state index contributed by atoms with van der Waals surface area (Å²) in [6.45, 7) is 0. The Balaban J connectivity index is 2.01. The molecule has 5 heteroatoms. The summed E-state index contributed by atoms with van der Waals surface area (Å²) in [5, 5.41) is 9.32. The van der Waals surface area contributed by atoms with Gasteiger partial charge in [-0.05, 0) is 35.9 Å². The number of phenols is 1. The topological polar surface area (TPSA) is 46.5 Å². The van der Waals surface area contributed by atoms with Crippen LogP contribution in [0.3, 0.4) is 0 Å². The third-order valence-corrected chi connectivity index (χ3v) is 2.84. The van der Waals surface area contributed by atoms with Crippen LogP contribution in [-0.4, -0.2) is 10.9 Å². The molecule has 0 aliphatic carbocycles. The van der Waals surface area contributed by atoms with Gasteiger partial charge in [-0.2, -0.15) is 0 Å². The number of fused-ring (bicyclic) bond motifs is 1. The molecule has 1 heterocycles. The maximum Gasteiger partial charge on any atom is 0.231 e. The molecule has 1 N–H and O–H groups in total. The molecule has 0 aromatic heterocycles. The Hall–Kier alpha value is -2.69. The summed E-state index contributed by atoms with van der Waals surface area (Å²) < 4.78 is 31.5. The summed E-state index contributed by atoms with van der Waals surface area (Å²) in [5.41, 5.74) is 0.480. The number of allylic oxidation sites excluding steroid dienone is 1. The number of carbonyl (C=O) groups is 1. The molecular weight excluding hydrogens is 266 g/mol. The molecule has 0 spiro atoms. The van der Waals surface area contributed by atoms with Gasteiger partial charge in [0, 0.05) is 12.1 Å². The van der Waals surface area contributed by atoms with Gasteiger partial charge in [-0.15, -0.1) is 0 Å². The molecule has 0 bridgehead atoms. The molecule has 0 atom stereocenters. The van der Waals surface area contributed by atoms with E-state index in [1.165, 1.54) is 24.3 Å². The van der Waals surface area contributed by atoms with Gasteiger partial charge >= 0.3 is 0 Å². The second-order valence-corrected chi connectivity index (χ2v) is 4.32. The molecule has 0 saturated carbocycles. The largest absolute Gasteiger partial charge is 0.508 e. The van der Waals surface area contributed by atoms with Crippen LogP contribution in [0.2, 0.25) is 0 Å². The van der Waals surface area contributed by atoms with Gasteiger partial charge in [0.05, 0.1) is 5.56 Å². The highest BCUT2D eigenvalue weighted by atomic mass is 19.1. The van der Waals surface area contributed by atoms with Crippen molar-refractivity contribution in [1.29, 1.82) is 0 Å². The number of hydrogen-bond acceptors (Lipinski definition) is 3. The summed E-state index contributed by atoms with van der Waals surface area (Å²) >= 11 is 0. The van der Waals surface area contributed by atoms with Crippen molar-refractivity contribution in [2.45, 2.75) is 0 Å². The SMILES string of the molecule is O=C1/C(=C/c2cc(F)cc(F)c2)Oc2cc(O)ccc21. The Morgan fingerprint density at radius 3 is 2.45 bits per heavy atom. The second-order valence-electron chi connectivity index (χ2n) is 4.32. The third-order valence-electron chi connectivity index (χ3n) is 2.84. The fourth-order valence-electron chi connectivity index (χ4n) is 1.99. The van der Waals surface area contributed by atoms with Crippen LogP contribution < -0.4 is 4.74 Å². The maximum atomic E-state index is 13.1. The van der Waals surface area contributed by atoms with Crippen LogP contribution in [0.4, 0.5) is 8.78 Å². The molecule has 0 fully saturated rings. The number of benzene rings is 2. The van der Waals surface area contributed by atoms with Crippen LogP contribution in [0.5, 0.6) is 11.5 Å². The van der Waals surface area contributed by atoms with Gasteiger partial charge in [-0.1, -0.05) is 0 Å². The standard InChI is InChI=1S/C15H8F2O3/c16-9-3-8(4-10(17)6-9)5-14-15(19)12-2-1-11(18)7-13(12)20-14/h1-7,18H/b14-5-. The van der Waals surface area contributed by atoms with E-state index in [9.17, 15) is 18.7 Å². The molecule has 2 aromatic rings. The number of carbonyl (C=O) groups excluding carboxylic acids is 1. The summed E-state index contributed by atoms with van der Waals surface area (Å²) in [4.78, 5) is 12.0. The lowest BCUT2D eigenvalue weighted by Gasteiger charge is -1.99. The van der Waals surface area contributed by atoms with Gasteiger partial charge in [-0.3, -0.25) is 4.79 Å². The zero-order chi connectivity index (χ0) is 14.3. The maximum absolute atomic E-state index is 13.1. The lowest BCUT2D eigenvalue weighted by molar-refractivity contribution is 0.101. The Labute approximate surface area is 112 Å². The molecule has 3 rings (SSSR count). The van der Waals surface area contributed by atoms with Crippen LogP contribution in [0.25, 0.3) is 6.08 Å². The molecule has 20 heavy (non-hydrogen) atoms. The first kappa shape index (κ1) is 12.3. The van der Waals surface area contributed by atoms with Crippen molar-refractivity contribution in [3.63, 3.8) is 0 Å². The Morgan fingerprint density at radius 1 is 1.05 bits per heavy atom. The van der Waals surface area contributed by atoms with E-state index in [0.717, 1.165) is 18.2 Å². The van der Waals surface area contributed by atoms with Crippen molar-refractivity contribution in [2.75, 3.05) is 0 Å². The monoisotopic (exact) mass is 274 g/mol. The molecule has 1 aliphatic rings. The minimum absolute atomic E-state index is 0.0328. The lowest BCUT2D eigenvalue weighted by Crippen LogP contribution is -1.98. The summed E-state index contributed by atoms with van der Waals surface area (Å²) in [5.74, 6) is -1.73. The van der Waals surface area contributed by atoms with E-state index in [2.05, 4.69) is 0 Å². The number of ketones is 1. The molecule has 3 nitrogen and oxygen atoms in total. The van der Waals surface area contributed by atoms with E-state index >= 15 is 0 Å². The number of aromatic hydroxyl groups is 1. The predicted molar refractivity (Wildman–Crippen MR) is 67.4 cm³/mol. The Bertz CT molecular complexity index is 731. The first-order chi connectivity index (χ1) is 9.52. The van der Waals surface area contributed by atoms with Gasteiger partial charge < -0.3 is 9.84 Å². The normalized spacial score (nSPS) is 15.3. The molecule has 0 unspecified atom stereocenters. The van der Waals surface area contributed by atoms with Crippen LogP contribution in [0.15, 0.2) is 42.2 Å². The van der Waals surface area contributed by atoms with E-state index in [1.807, 2.05) is 0 Å². The van der Waals surface area contributed by atoms with Gasteiger partial charge in [0.2, 0.25) is 5.78 Å². The van der Waals surface area contributed by atoms with Crippen molar-refractivity contribution in [3.8, 4) is 11.5 Å². The molecule has 0 amide bonds. The first-order valence-corrected chi connectivity index (χ1v) is 5.76. The van der Waals surface area contributed by atoms with Crippen LogP contribution in [-0.2, 0) is 0 Å². The minimum atomic E-state index is -0.738. The van der Waals surface area contributed by atoms with Crippen LogP contribution in [0.1, 0.15) is 15.9 Å². The highest BCUT2D eigenvalue weighted by Gasteiger charge is 2.27. The van der Waals surface area contributed by atoms with Gasteiger partial charge in [0.25, 0.3) is 0 Å². The van der Waals surface area contributed by atoms with Crippen molar-refractivity contribution >= 4 is 11.9 Å². The quantitative estimate of drug-likeness (QED) is 0.812. The highest BCUT2D eigenvalue weighted by Crippen LogP contribution is 2.34. The fraction of sp³-hybridized carbons (Fsp3) is 0. The molecule has 100 valence electrons. The van der Waals surface area contributed by atoms with Gasteiger partial charge in [-0.25, -0.2) is 8.78 Å². The third kappa shape index (κ3) is 2.14. The number of Topliss-reactive ketones (excluding diaryl/α,β-unsaturated/α-hetero) is 1. The van der Waals surface area contributed by atoms with E-state index in [-0.39, 0.29) is 22.8 Å². The van der Waals surface area contributed by atoms with E-state index in [4.69, 9.17) is 4.74 Å². The Morgan fingerprint density at radius 2 is 1.75 bits per heavy atom. The summed E-state index contributed by atoms with van der Waals surface area (Å²) in [6, 6.07) is 7.03. The van der Waals surface area contributed by atoms with Crippen molar-refractivity contribution < 1.29 is 23.4 Å². The fourth-order valence-corrected chi connectivity index (χ4v) is 1.99. The van der Waals surface area contributed by atoms with E-state index in [1.54, 1.807) is 0 Å². The van der Waals surface area contributed by atoms with Crippen molar-refractivity contribution in [1.82, 2.24) is 0 Å².